The van der Waals surface area contributed by atoms with Gasteiger partial charge in [-0.1, -0.05) is 29.8 Å². The third kappa shape index (κ3) is 4.24. The Hall–Kier alpha value is -2.11. The average Bonchev–Trinajstić information content (AvgIpc) is 3.05. The van der Waals surface area contributed by atoms with E-state index in [-0.39, 0.29) is 12.4 Å². The highest BCUT2D eigenvalue weighted by Crippen LogP contribution is 2.28. The molecular weight excluding hydrogens is 392 g/mol. The predicted octanol–water partition coefficient (Wildman–Crippen LogP) is 4.83. The third-order valence-electron chi connectivity index (χ3n) is 3.39. The molecule has 3 rings (SSSR count). The zero-order chi connectivity index (χ0) is 16.9. The summed E-state index contributed by atoms with van der Waals surface area (Å²) < 4.78 is 7.78. The van der Waals surface area contributed by atoms with Gasteiger partial charge in [-0.15, -0.1) is 0 Å². The number of para-hydroxylation sites is 1. The monoisotopic (exact) mass is 404 g/mol. The van der Waals surface area contributed by atoms with E-state index in [4.69, 9.17) is 16.3 Å². The Bertz CT molecular complexity index is 849. The number of hydrogen-bond acceptors (Lipinski definition) is 3. The Balaban J connectivity index is 1.58. The molecule has 4 nitrogen and oxygen atoms in total. The van der Waals surface area contributed by atoms with Crippen molar-refractivity contribution in [3.8, 4) is 11.4 Å². The molecule has 0 saturated heterocycles. The molecule has 24 heavy (non-hydrogen) atoms. The largest absolute Gasteiger partial charge is 0.425 e. The molecule has 0 unspecified atom stereocenters. The highest BCUT2D eigenvalue weighted by molar-refractivity contribution is 9.10. The van der Waals surface area contributed by atoms with Crippen molar-refractivity contribution in [3.05, 3.63) is 76.0 Å². The lowest BCUT2D eigenvalue weighted by molar-refractivity contribution is -0.134. The van der Waals surface area contributed by atoms with E-state index < -0.39 is 0 Å². The zero-order valence-electron chi connectivity index (χ0n) is 12.7. The van der Waals surface area contributed by atoms with Crippen molar-refractivity contribution in [2.75, 3.05) is 0 Å². The normalized spacial score (nSPS) is 10.6. The van der Waals surface area contributed by atoms with Crippen LogP contribution >= 0.6 is 27.5 Å². The number of aryl methyl sites for hydroxylation is 1. The van der Waals surface area contributed by atoms with Crippen molar-refractivity contribution < 1.29 is 9.53 Å². The molecule has 0 fully saturated rings. The fourth-order valence-electron chi connectivity index (χ4n) is 2.19. The summed E-state index contributed by atoms with van der Waals surface area (Å²) in [7, 11) is 0. The minimum absolute atomic E-state index is 0.273. The summed E-state index contributed by atoms with van der Waals surface area (Å²) in [6.07, 6.45) is 4.52. The molecule has 0 aliphatic carbocycles. The summed E-state index contributed by atoms with van der Waals surface area (Å²) >= 11 is 9.19. The van der Waals surface area contributed by atoms with Gasteiger partial charge in [0, 0.05) is 11.2 Å². The van der Waals surface area contributed by atoms with Gasteiger partial charge < -0.3 is 4.74 Å². The van der Waals surface area contributed by atoms with Crippen molar-refractivity contribution in [3.63, 3.8) is 0 Å². The number of carbonyl (C=O) groups excluding carboxylic acids is 1. The second-order valence-electron chi connectivity index (χ2n) is 5.18. The standard InChI is InChI=1S/C18H14BrClN2O2/c19-16-10-14(20)7-8-17(16)24-18(23)9-6-13-11-21-22(12-13)15-4-2-1-3-5-15/h1-5,7-8,10-12H,6,9H2. The number of ether oxygens (including phenoxy) is 1. The molecule has 0 aliphatic rings. The second-order valence-corrected chi connectivity index (χ2v) is 6.47. The number of aromatic nitrogens is 2. The number of carbonyl (C=O) groups is 1. The summed E-state index contributed by atoms with van der Waals surface area (Å²) in [5.74, 6) is 0.162. The Kier molecular flexibility index (Phi) is 5.33. The van der Waals surface area contributed by atoms with Crippen LogP contribution in [0.5, 0.6) is 5.75 Å². The molecule has 0 spiro atoms. The van der Waals surface area contributed by atoms with Gasteiger partial charge in [0.15, 0.2) is 0 Å². The quantitative estimate of drug-likeness (QED) is 0.451. The van der Waals surface area contributed by atoms with Crippen LogP contribution in [0.3, 0.4) is 0 Å². The van der Waals surface area contributed by atoms with Gasteiger partial charge in [-0.05, 0) is 58.2 Å². The van der Waals surface area contributed by atoms with E-state index in [2.05, 4.69) is 21.0 Å². The first-order valence-electron chi connectivity index (χ1n) is 7.36. The van der Waals surface area contributed by atoms with Crippen LogP contribution < -0.4 is 4.74 Å². The van der Waals surface area contributed by atoms with E-state index in [0.717, 1.165) is 11.3 Å². The molecule has 1 aromatic heterocycles. The van der Waals surface area contributed by atoms with Crippen LogP contribution in [0.1, 0.15) is 12.0 Å². The molecule has 2 aromatic carbocycles. The second kappa shape index (κ2) is 7.64. The van der Waals surface area contributed by atoms with Gasteiger partial charge in [-0.2, -0.15) is 5.10 Å². The summed E-state index contributed by atoms with van der Waals surface area (Å²) in [6, 6.07) is 14.9. The molecule has 6 heteroatoms. The highest BCUT2D eigenvalue weighted by Gasteiger charge is 2.10. The minimum atomic E-state index is -0.300. The average molecular weight is 406 g/mol. The first-order valence-corrected chi connectivity index (χ1v) is 8.53. The van der Waals surface area contributed by atoms with Gasteiger partial charge in [-0.3, -0.25) is 4.79 Å². The molecule has 0 bridgehead atoms. The first-order chi connectivity index (χ1) is 11.6. The Morgan fingerprint density at radius 2 is 2.00 bits per heavy atom. The van der Waals surface area contributed by atoms with Crippen LogP contribution in [0.4, 0.5) is 0 Å². The Morgan fingerprint density at radius 1 is 1.21 bits per heavy atom. The predicted molar refractivity (Wildman–Crippen MR) is 96.7 cm³/mol. The van der Waals surface area contributed by atoms with E-state index in [9.17, 15) is 4.79 Å². The first kappa shape index (κ1) is 16.7. The zero-order valence-corrected chi connectivity index (χ0v) is 15.0. The number of benzene rings is 2. The number of nitrogens with zero attached hydrogens (tertiary/aromatic N) is 2. The molecule has 1 heterocycles. The van der Waals surface area contributed by atoms with Gasteiger partial charge in [-0.25, -0.2) is 4.68 Å². The molecule has 0 saturated carbocycles. The van der Waals surface area contributed by atoms with Gasteiger partial charge in [0.2, 0.25) is 0 Å². The van der Waals surface area contributed by atoms with Crippen molar-refractivity contribution in [2.24, 2.45) is 0 Å². The fourth-order valence-corrected chi connectivity index (χ4v) is 2.95. The van der Waals surface area contributed by atoms with E-state index in [1.807, 2.05) is 36.5 Å². The topological polar surface area (TPSA) is 44.1 Å². The summed E-state index contributed by atoms with van der Waals surface area (Å²) in [4.78, 5) is 12.0. The molecule has 0 N–H and O–H groups in total. The third-order valence-corrected chi connectivity index (χ3v) is 4.25. The van der Waals surface area contributed by atoms with Crippen LogP contribution in [-0.2, 0) is 11.2 Å². The van der Waals surface area contributed by atoms with Crippen molar-refractivity contribution >= 4 is 33.5 Å². The SMILES string of the molecule is O=C(CCc1cnn(-c2ccccc2)c1)Oc1ccc(Cl)cc1Br. The Labute approximate surface area is 153 Å². The molecule has 0 aliphatic heterocycles. The highest BCUT2D eigenvalue weighted by atomic mass is 79.9. The summed E-state index contributed by atoms with van der Waals surface area (Å²) in [5, 5.41) is 4.89. The maximum absolute atomic E-state index is 12.0. The number of rotatable bonds is 5. The van der Waals surface area contributed by atoms with Gasteiger partial charge in [0.1, 0.15) is 5.75 Å². The van der Waals surface area contributed by atoms with Crippen LogP contribution in [0, 0.1) is 0 Å². The fraction of sp³-hybridized carbons (Fsp3) is 0.111. The van der Waals surface area contributed by atoms with Crippen LogP contribution in [0.15, 0.2) is 65.4 Å². The molecule has 122 valence electrons. The van der Waals surface area contributed by atoms with E-state index in [1.54, 1.807) is 29.1 Å². The van der Waals surface area contributed by atoms with Crippen LogP contribution in [0.25, 0.3) is 5.69 Å². The van der Waals surface area contributed by atoms with Crippen molar-refractivity contribution in [1.29, 1.82) is 0 Å². The maximum atomic E-state index is 12.0. The number of halogens is 2. The Morgan fingerprint density at radius 3 is 2.75 bits per heavy atom. The van der Waals surface area contributed by atoms with Gasteiger partial charge >= 0.3 is 5.97 Å². The van der Waals surface area contributed by atoms with Gasteiger partial charge in [0.05, 0.1) is 22.8 Å². The summed E-state index contributed by atoms with van der Waals surface area (Å²) in [5.41, 5.74) is 1.96. The molecular formula is C18H14BrClN2O2. The van der Waals surface area contributed by atoms with E-state index in [0.29, 0.717) is 21.7 Å². The number of hydrogen-bond donors (Lipinski definition) is 0. The van der Waals surface area contributed by atoms with Crippen molar-refractivity contribution in [2.45, 2.75) is 12.8 Å². The van der Waals surface area contributed by atoms with E-state index in [1.165, 1.54) is 0 Å². The molecule has 0 radical (unpaired) electrons. The lowest BCUT2D eigenvalue weighted by atomic mass is 10.2. The maximum Gasteiger partial charge on any atom is 0.311 e. The summed E-state index contributed by atoms with van der Waals surface area (Å²) in [6.45, 7) is 0. The lowest BCUT2D eigenvalue weighted by Gasteiger charge is -2.06. The van der Waals surface area contributed by atoms with Gasteiger partial charge in [0.25, 0.3) is 0 Å². The van der Waals surface area contributed by atoms with Crippen LogP contribution in [0.2, 0.25) is 5.02 Å². The lowest BCUT2D eigenvalue weighted by Crippen LogP contribution is -2.09. The molecule has 0 amide bonds. The van der Waals surface area contributed by atoms with E-state index >= 15 is 0 Å². The minimum Gasteiger partial charge on any atom is -0.425 e. The van der Waals surface area contributed by atoms with Crippen LogP contribution in [-0.4, -0.2) is 15.7 Å². The smallest absolute Gasteiger partial charge is 0.311 e. The molecule has 0 atom stereocenters. The number of esters is 1. The molecule has 3 aromatic rings. The van der Waals surface area contributed by atoms with Crippen molar-refractivity contribution in [1.82, 2.24) is 9.78 Å².